The van der Waals surface area contributed by atoms with E-state index in [2.05, 4.69) is 15.9 Å². The van der Waals surface area contributed by atoms with Crippen LogP contribution in [0.15, 0.2) is 28.7 Å². The second-order valence-corrected chi connectivity index (χ2v) is 3.31. The molecule has 0 aliphatic rings. The van der Waals surface area contributed by atoms with Gasteiger partial charge in [0.25, 0.3) is 0 Å². The summed E-state index contributed by atoms with van der Waals surface area (Å²) in [6.45, 7) is 0.488. The van der Waals surface area contributed by atoms with E-state index < -0.39 is 0 Å². The molecule has 0 aromatic heterocycles. The van der Waals surface area contributed by atoms with Gasteiger partial charge in [0.15, 0.2) is 0 Å². The summed E-state index contributed by atoms with van der Waals surface area (Å²) in [6.07, 6.45) is 0. The first-order valence-electron chi connectivity index (χ1n) is 3.45. The van der Waals surface area contributed by atoms with E-state index in [1.165, 1.54) is 0 Å². The Morgan fingerprint density at radius 3 is 2.17 bits per heavy atom. The zero-order valence-electron chi connectivity index (χ0n) is 6.53. The summed E-state index contributed by atoms with van der Waals surface area (Å²) in [5.41, 5.74) is 12.2. The molecule has 0 radical (unpaired) electrons. The Morgan fingerprint density at radius 1 is 1.25 bits per heavy atom. The second-order valence-electron chi connectivity index (χ2n) is 2.39. The van der Waals surface area contributed by atoms with Gasteiger partial charge in [-0.15, -0.1) is 12.4 Å². The summed E-state index contributed by atoms with van der Waals surface area (Å²) < 4.78 is 1.06. The minimum absolute atomic E-state index is 0. The molecule has 1 atom stereocenters. The first-order chi connectivity index (χ1) is 5.24. The predicted molar refractivity (Wildman–Crippen MR) is 57.4 cm³/mol. The van der Waals surface area contributed by atoms with Crippen LogP contribution in [-0.2, 0) is 0 Å². The predicted octanol–water partition coefficient (Wildman–Crippen LogP) is 1.83. The topological polar surface area (TPSA) is 52.0 Å². The van der Waals surface area contributed by atoms with E-state index >= 15 is 0 Å². The minimum atomic E-state index is -0.0388. The van der Waals surface area contributed by atoms with E-state index in [0.29, 0.717) is 6.54 Å². The maximum Gasteiger partial charge on any atom is 0.0419 e. The Morgan fingerprint density at radius 2 is 1.75 bits per heavy atom. The number of benzene rings is 1. The monoisotopic (exact) mass is 250 g/mol. The first-order valence-corrected chi connectivity index (χ1v) is 4.24. The lowest BCUT2D eigenvalue weighted by molar-refractivity contribution is 0.737. The van der Waals surface area contributed by atoms with Crippen LogP contribution in [0.25, 0.3) is 0 Å². The maximum atomic E-state index is 5.70. The number of hydrogen-bond acceptors (Lipinski definition) is 2. The standard InChI is InChI=1S/C8H11BrN2.ClH/c9-7-3-1-6(2-4-7)8(11)5-10;/h1-4,8H,5,10-11H2;1H/t8-;/m1./s1. The van der Waals surface area contributed by atoms with Crippen LogP contribution < -0.4 is 11.5 Å². The minimum Gasteiger partial charge on any atom is -0.329 e. The van der Waals surface area contributed by atoms with Gasteiger partial charge >= 0.3 is 0 Å². The van der Waals surface area contributed by atoms with Gasteiger partial charge < -0.3 is 11.5 Å². The molecular weight excluding hydrogens is 239 g/mol. The molecule has 1 aromatic carbocycles. The van der Waals surface area contributed by atoms with Gasteiger partial charge in [0, 0.05) is 17.1 Å². The highest BCUT2D eigenvalue weighted by Crippen LogP contribution is 2.14. The highest BCUT2D eigenvalue weighted by Gasteiger charge is 2.01. The zero-order valence-corrected chi connectivity index (χ0v) is 8.94. The third kappa shape index (κ3) is 3.11. The highest BCUT2D eigenvalue weighted by molar-refractivity contribution is 9.10. The lowest BCUT2D eigenvalue weighted by Gasteiger charge is -2.07. The Balaban J connectivity index is 0.00000121. The van der Waals surface area contributed by atoms with Crippen LogP contribution in [0.2, 0.25) is 0 Å². The van der Waals surface area contributed by atoms with Crippen molar-refractivity contribution < 1.29 is 0 Å². The second kappa shape index (κ2) is 5.54. The summed E-state index contributed by atoms with van der Waals surface area (Å²) >= 11 is 3.34. The SMILES string of the molecule is Cl.NC[C@@H](N)c1ccc(Br)cc1. The van der Waals surface area contributed by atoms with Crippen molar-refractivity contribution >= 4 is 28.3 Å². The molecule has 0 heterocycles. The van der Waals surface area contributed by atoms with Gasteiger partial charge in [-0.2, -0.15) is 0 Å². The van der Waals surface area contributed by atoms with Crippen molar-refractivity contribution in [3.8, 4) is 0 Å². The van der Waals surface area contributed by atoms with E-state index in [4.69, 9.17) is 11.5 Å². The Bertz CT molecular complexity index is 225. The third-order valence-electron chi connectivity index (χ3n) is 1.55. The fourth-order valence-electron chi connectivity index (χ4n) is 0.846. The Kier molecular flexibility index (Phi) is 5.50. The van der Waals surface area contributed by atoms with Crippen LogP contribution in [0.1, 0.15) is 11.6 Å². The summed E-state index contributed by atoms with van der Waals surface area (Å²) in [4.78, 5) is 0. The van der Waals surface area contributed by atoms with Crippen LogP contribution in [0.4, 0.5) is 0 Å². The molecule has 0 unspecified atom stereocenters. The van der Waals surface area contributed by atoms with E-state index in [9.17, 15) is 0 Å². The van der Waals surface area contributed by atoms with Crippen LogP contribution in [-0.4, -0.2) is 6.54 Å². The van der Waals surface area contributed by atoms with Crippen LogP contribution in [0, 0.1) is 0 Å². The molecule has 0 spiro atoms. The van der Waals surface area contributed by atoms with Crippen molar-refractivity contribution in [2.45, 2.75) is 6.04 Å². The van der Waals surface area contributed by atoms with Gasteiger partial charge in [0.05, 0.1) is 0 Å². The van der Waals surface area contributed by atoms with Crippen molar-refractivity contribution in [1.82, 2.24) is 0 Å². The molecule has 1 rings (SSSR count). The molecule has 1 aromatic rings. The lowest BCUT2D eigenvalue weighted by Crippen LogP contribution is -2.20. The molecule has 68 valence electrons. The van der Waals surface area contributed by atoms with Gasteiger partial charge in [0.2, 0.25) is 0 Å². The van der Waals surface area contributed by atoms with Crippen molar-refractivity contribution in [1.29, 1.82) is 0 Å². The normalized spacial score (nSPS) is 11.9. The number of nitrogens with two attached hydrogens (primary N) is 2. The summed E-state index contributed by atoms with van der Waals surface area (Å²) in [6, 6.07) is 7.84. The van der Waals surface area contributed by atoms with Crippen molar-refractivity contribution in [2.24, 2.45) is 11.5 Å². The van der Waals surface area contributed by atoms with Gasteiger partial charge in [-0.3, -0.25) is 0 Å². The van der Waals surface area contributed by atoms with Crippen LogP contribution in [0.5, 0.6) is 0 Å². The first kappa shape index (κ1) is 11.9. The lowest BCUT2D eigenvalue weighted by atomic mass is 10.1. The maximum absolute atomic E-state index is 5.70. The van der Waals surface area contributed by atoms with Crippen LogP contribution in [0.3, 0.4) is 0 Å². The van der Waals surface area contributed by atoms with Gasteiger partial charge in [-0.1, -0.05) is 28.1 Å². The molecule has 0 bridgehead atoms. The molecule has 0 fully saturated rings. The molecule has 2 nitrogen and oxygen atoms in total. The largest absolute Gasteiger partial charge is 0.329 e. The molecule has 0 amide bonds. The van der Waals surface area contributed by atoms with E-state index in [1.54, 1.807) is 0 Å². The van der Waals surface area contributed by atoms with E-state index in [0.717, 1.165) is 10.0 Å². The summed E-state index contributed by atoms with van der Waals surface area (Å²) in [5, 5.41) is 0. The number of halogens is 2. The smallest absolute Gasteiger partial charge is 0.0419 e. The van der Waals surface area contributed by atoms with Gasteiger partial charge in [-0.25, -0.2) is 0 Å². The molecule has 12 heavy (non-hydrogen) atoms. The van der Waals surface area contributed by atoms with Crippen molar-refractivity contribution in [3.05, 3.63) is 34.3 Å². The Hall–Kier alpha value is -0.0900. The fourth-order valence-corrected chi connectivity index (χ4v) is 1.11. The van der Waals surface area contributed by atoms with Gasteiger partial charge in [-0.05, 0) is 17.7 Å². The van der Waals surface area contributed by atoms with Gasteiger partial charge in [0.1, 0.15) is 0 Å². The molecule has 4 heteroatoms. The molecule has 0 saturated heterocycles. The highest BCUT2D eigenvalue weighted by atomic mass is 79.9. The zero-order chi connectivity index (χ0) is 8.27. The molecular formula is C8H12BrClN2. The molecule has 0 saturated carbocycles. The summed E-state index contributed by atoms with van der Waals surface area (Å²) in [5.74, 6) is 0. The third-order valence-corrected chi connectivity index (χ3v) is 2.08. The van der Waals surface area contributed by atoms with Crippen molar-refractivity contribution in [3.63, 3.8) is 0 Å². The number of hydrogen-bond donors (Lipinski definition) is 2. The summed E-state index contributed by atoms with van der Waals surface area (Å²) in [7, 11) is 0. The average Bonchev–Trinajstić information content (AvgIpc) is 2.05. The molecule has 0 aliphatic heterocycles. The molecule has 4 N–H and O–H groups in total. The molecule has 0 aliphatic carbocycles. The average molecular weight is 252 g/mol. The van der Waals surface area contributed by atoms with E-state index in [1.807, 2.05) is 24.3 Å². The Labute approximate surface area is 86.9 Å². The fraction of sp³-hybridized carbons (Fsp3) is 0.250. The van der Waals surface area contributed by atoms with E-state index in [-0.39, 0.29) is 18.4 Å². The van der Waals surface area contributed by atoms with Crippen LogP contribution >= 0.6 is 28.3 Å². The van der Waals surface area contributed by atoms with Crippen molar-refractivity contribution in [2.75, 3.05) is 6.54 Å². The number of rotatable bonds is 2. The quantitative estimate of drug-likeness (QED) is 0.842.